The number of nitrogens with zero attached hydrogens (tertiary/aromatic N) is 1. The van der Waals surface area contributed by atoms with E-state index in [0.717, 1.165) is 54.1 Å². The molecule has 58 heavy (non-hydrogen) atoms. The van der Waals surface area contributed by atoms with Gasteiger partial charge in [-0.1, -0.05) is 152 Å². The minimum Gasteiger partial charge on any atom is -0.460 e. The predicted octanol–water partition coefficient (Wildman–Crippen LogP) is 15.9. The molecule has 0 radical (unpaired) electrons. The Morgan fingerprint density at radius 3 is 2.05 bits per heavy atom. The Hall–Kier alpha value is -7.16. The fourth-order valence-electron chi connectivity index (χ4n) is 9.08. The Labute approximate surface area is 339 Å². The van der Waals surface area contributed by atoms with E-state index >= 15 is 0 Å². The summed E-state index contributed by atoms with van der Waals surface area (Å²) in [5.41, 5.74) is 15.2. The molecule has 2 aliphatic rings. The molecule has 0 amide bonds. The number of allylic oxidation sites excluding steroid dienone is 5. The van der Waals surface area contributed by atoms with Gasteiger partial charge in [0.05, 0.1) is 0 Å². The molecule has 8 aromatic carbocycles. The second-order valence-corrected chi connectivity index (χ2v) is 15.4. The Bertz CT molecular complexity index is 3100. The number of hydrogen-bond donors (Lipinski definition) is 0. The topological polar surface area (TPSA) is 16.4 Å². The summed E-state index contributed by atoms with van der Waals surface area (Å²) in [6.45, 7) is 0. The highest BCUT2D eigenvalue weighted by Gasteiger charge is 2.20. The van der Waals surface area contributed by atoms with Gasteiger partial charge in [0, 0.05) is 34.4 Å². The van der Waals surface area contributed by atoms with Gasteiger partial charge in [0.15, 0.2) is 0 Å². The van der Waals surface area contributed by atoms with Crippen LogP contribution in [0.3, 0.4) is 0 Å². The van der Waals surface area contributed by atoms with E-state index in [1.807, 2.05) is 0 Å². The molecule has 276 valence electrons. The van der Waals surface area contributed by atoms with E-state index in [1.165, 1.54) is 77.0 Å². The van der Waals surface area contributed by atoms with Crippen molar-refractivity contribution in [1.82, 2.24) is 0 Å². The van der Waals surface area contributed by atoms with Crippen molar-refractivity contribution >= 4 is 61.2 Å². The Balaban J connectivity index is 1.09. The normalized spacial score (nSPS) is 13.6. The van der Waals surface area contributed by atoms with Crippen molar-refractivity contribution in [2.45, 2.75) is 25.7 Å². The minimum atomic E-state index is 0.945. The summed E-state index contributed by atoms with van der Waals surface area (Å²) in [6, 6.07) is 62.4. The molecule has 0 atom stereocenters. The van der Waals surface area contributed by atoms with E-state index in [1.54, 1.807) is 0 Å². The van der Waals surface area contributed by atoms with Crippen LogP contribution in [0.5, 0.6) is 0 Å². The summed E-state index contributed by atoms with van der Waals surface area (Å²) in [5, 5.41) is 6.15. The smallest absolute Gasteiger partial charge is 0.135 e. The van der Waals surface area contributed by atoms with Crippen molar-refractivity contribution in [2.75, 3.05) is 4.90 Å². The van der Waals surface area contributed by atoms with Gasteiger partial charge in [-0.25, -0.2) is 0 Å². The van der Waals surface area contributed by atoms with Crippen LogP contribution in [0.4, 0.5) is 17.1 Å². The lowest BCUT2D eigenvalue weighted by Crippen LogP contribution is -2.10. The van der Waals surface area contributed by atoms with E-state index < -0.39 is 0 Å². The summed E-state index contributed by atoms with van der Waals surface area (Å²) in [6.07, 6.45) is 15.6. The zero-order chi connectivity index (χ0) is 38.4. The average molecular weight is 744 g/mol. The third-order valence-corrected chi connectivity index (χ3v) is 11.9. The third-order valence-electron chi connectivity index (χ3n) is 11.9. The molecule has 2 heteroatoms. The molecule has 2 aliphatic carbocycles. The van der Waals surface area contributed by atoms with E-state index in [2.05, 4.69) is 205 Å². The van der Waals surface area contributed by atoms with Crippen LogP contribution in [0.2, 0.25) is 0 Å². The maximum Gasteiger partial charge on any atom is 0.135 e. The molecule has 0 saturated carbocycles. The molecule has 0 unspecified atom stereocenters. The molecule has 0 spiro atoms. The van der Waals surface area contributed by atoms with Crippen LogP contribution in [0.1, 0.15) is 36.1 Å². The van der Waals surface area contributed by atoms with Crippen molar-refractivity contribution in [3.63, 3.8) is 0 Å². The SMILES string of the molecule is C1=CC(c2ccc(N(c3cccc(-c4cccc5ccccc45)c3)c3ccc(-c4ccc5ccc6oc7c(c6c5c4)C=CCC7)c(-c4ccccc4)c3)cc2)=CCC1. The zero-order valence-corrected chi connectivity index (χ0v) is 32.2. The summed E-state index contributed by atoms with van der Waals surface area (Å²) >= 11 is 0. The number of anilines is 3. The summed E-state index contributed by atoms with van der Waals surface area (Å²) in [4.78, 5) is 2.41. The largest absolute Gasteiger partial charge is 0.460 e. The Morgan fingerprint density at radius 1 is 0.431 bits per heavy atom. The van der Waals surface area contributed by atoms with E-state index in [9.17, 15) is 0 Å². The predicted molar refractivity (Wildman–Crippen MR) is 246 cm³/mol. The summed E-state index contributed by atoms with van der Waals surface area (Å²) in [5.74, 6) is 1.09. The number of aryl methyl sites for hydroxylation is 1. The van der Waals surface area contributed by atoms with Gasteiger partial charge in [-0.2, -0.15) is 0 Å². The van der Waals surface area contributed by atoms with Crippen LogP contribution in [0, 0.1) is 0 Å². The Morgan fingerprint density at radius 2 is 1.16 bits per heavy atom. The molecule has 0 aliphatic heterocycles. The Kier molecular flexibility index (Phi) is 8.47. The summed E-state index contributed by atoms with van der Waals surface area (Å²) in [7, 11) is 0. The third kappa shape index (κ3) is 6.06. The lowest BCUT2D eigenvalue weighted by atomic mass is 9.91. The number of benzene rings is 8. The van der Waals surface area contributed by atoms with Crippen LogP contribution in [-0.2, 0) is 6.42 Å². The van der Waals surface area contributed by atoms with E-state index in [0.29, 0.717) is 0 Å². The molecule has 2 nitrogen and oxygen atoms in total. The maximum absolute atomic E-state index is 6.40. The molecule has 0 fully saturated rings. The first-order valence-corrected chi connectivity index (χ1v) is 20.5. The van der Waals surface area contributed by atoms with E-state index in [-0.39, 0.29) is 0 Å². The molecule has 1 aromatic heterocycles. The van der Waals surface area contributed by atoms with Gasteiger partial charge in [0.2, 0.25) is 0 Å². The van der Waals surface area contributed by atoms with Crippen molar-refractivity contribution in [1.29, 1.82) is 0 Å². The van der Waals surface area contributed by atoms with Gasteiger partial charge in [-0.05, 0) is 134 Å². The monoisotopic (exact) mass is 743 g/mol. The van der Waals surface area contributed by atoms with Gasteiger partial charge >= 0.3 is 0 Å². The number of hydrogen-bond acceptors (Lipinski definition) is 2. The van der Waals surface area contributed by atoms with Gasteiger partial charge in [0.1, 0.15) is 11.3 Å². The van der Waals surface area contributed by atoms with Gasteiger partial charge in [-0.3, -0.25) is 0 Å². The second kappa shape index (κ2) is 14.4. The molecular formula is C56H41NO. The van der Waals surface area contributed by atoms with Crippen LogP contribution >= 0.6 is 0 Å². The molecule has 0 saturated heterocycles. The standard InChI is InChI=1S/C56H41NO/c1-3-13-38(14-4-1)39-27-30-45(31-28-39)57(46-20-11-19-43(35-46)49-23-12-18-40-17-7-8-21-48(40)49)47-32-33-50(52(37-47)41-15-5-2-6-16-41)44-26-25-42-29-34-55-56(53(42)36-44)51-22-9-10-24-54(51)58-55/h2-3,5-9,11-23,25-37H,1,4,10,24H2. The van der Waals surface area contributed by atoms with Crippen molar-refractivity contribution < 1.29 is 4.42 Å². The highest BCUT2D eigenvalue weighted by atomic mass is 16.3. The number of rotatable bonds is 7. The lowest BCUT2D eigenvalue weighted by Gasteiger charge is -2.28. The number of fused-ring (bicyclic) bond motifs is 6. The quantitative estimate of drug-likeness (QED) is 0.162. The van der Waals surface area contributed by atoms with Crippen LogP contribution in [0.25, 0.3) is 77.5 Å². The van der Waals surface area contributed by atoms with Crippen molar-refractivity contribution in [2.24, 2.45) is 0 Å². The first kappa shape index (κ1) is 34.1. The first-order chi connectivity index (χ1) is 28.7. The molecule has 0 N–H and O–H groups in total. The maximum atomic E-state index is 6.40. The lowest BCUT2D eigenvalue weighted by molar-refractivity contribution is 0.546. The molecule has 11 rings (SSSR count). The fraction of sp³-hybridized carbons (Fsp3) is 0.0714. The highest BCUT2D eigenvalue weighted by Crippen LogP contribution is 2.44. The van der Waals surface area contributed by atoms with Crippen LogP contribution in [-0.4, -0.2) is 0 Å². The van der Waals surface area contributed by atoms with Crippen LogP contribution < -0.4 is 4.90 Å². The molecule has 1 heterocycles. The number of furan rings is 1. The van der Waals surface area contributed by atoms with Crippen LogP contribution in [0.15, 0.2) is 199 Å². The molecular weight excluding hydrogens is 703 g/mol. The second-order valence-electron chi connectivity index (χ2n) is 15.4. The van der Waals surface area contributed by atoms with Gasteiger partial charge < -0.3 is 9.32 Å². The van der Waals surface area contributed by atoms with Gasteiger partial charge in [-0.15, -0.1) is 0 Å². The van der Waals surface area contributed by atoms with E-state index in [4.69, 9.17) is 4.42 Å². The van der Waals surface area contributed by atoms with Crippen molar-refractivity contribution in [3.8, 4) is 33.4 Å². The average Bonchev–Trinajstić information content (AvgIpc) is 3.69. The summed E-state index contributed by atoms with van der Waals surface area (Å²) < 4.78 is 6.40. The van der Waals surface area contributed by atoms with Gasteiger partial charge in [0.25, 0.3) is 0 Å². The molecule has 9 aromatic rings. The minimum absolute atomic E-state index is 0.945. The van der Waals surface area contributed by atoms with Crippen molar-refractivity contribution in [3.05, 3.63) is 211 Å². The molecule has 0 bridgehead atoms. The fourth-order valence-corrected chi connectivity index (χ4v) is 9.08. The zero-order valence-electron chi connectivity index (χ0n) is 32.2. The highest BCUT2D eigenvalue weighted by molar-refractivity contribution is 6.12. The first-order valence-electron chi connectivity index (χ1n) is 20.5.